The van der Waals surface area contributed by atoms with Crippen LogP contribution in [0.5, 0.6) is 5.75 Å². The number of nitrogens with zero attached hydrogens (tertiary/aromatic N) is 3. The Balaban J connectivity index is 2.18. The molecule has 0 saturated heterocycles. The number of para-hydroxylation sites is 1. The first-order valence-corrected chi connectivity index (χ1v) is 6.07. The predicted octanol–water partition coefficient (Wildman–Crippen LogP) is 3.16. The molecule has 0 radical (unpaired) electrons. The third kappa shape index (κ3) is 1.97. The summed E-state index contributed by atoms with van der Waals surface area (Å²) in [7, 11) is 0. The zero-order valence-electron chi connectivity index (χ0n) is 10.5. The van der Waals surface area contributed by atoms with E-state index in [0.29, 0.717) is 5.69 Å². The van der Waals surface area contributed by atoms with Crippen molar-refractivity contribution in [2.75, 3.05) is 0 Å². The van der Waals surface area contributed by atoms with E-state index in [1.165, 1.54) is 4.80 Å². The van der Waals surface area contributed by atoms with Gasteiger partial charge in [0, 0.05) is 5.56 Å². The zero-order chi connectivity index (χ0) is 13.2. The van der Waals surface area contributed by atoms with Gasteiger partial charge >= 0.3 is 0 Å². The lowest BCUT2D eigenvalue weighted by Gasteiger charge is -2.05. The summed E-state index contributed by atoms with van der Waals surface area (Å²) in [6.07, 6.45) is 3.73. The number of hydrogen-bond donors (Lipinski definition) is 1. The van der Waals surface area contributed by atoms with E-state index in [1.807, 2.05) is 55.5 Å². The molecule has 0 atom stereocenters. The molecule has 0 amide bonds. The van der Waals surface area contributed by atoms with Crippen LogP contribution >= 0.6 is 0 Å². The summed E-state index contributed by atoms with van der Waals surface area (Å²) in [5, 5.41) is 19.0. The molecule has 1 heterocycles. The minimum atomic E-state index is 0.181. The molecular weight excluding hydrogens is 238 g/mol. The van der Waals surface area contributed by atoms with Gasteiger partial charge in [-0.15, -0.1) is 15.0 Å². The summed E-state index contributed by atoms with van der Waals surface area (Å²) in [6, 6.07) is 13.1. The highest BCUT2D eigenvalue weighted by Gasteiger charge is 2.10. The molecule has 0 bridgehead atoms. The average molecular weight is 251 g/mol. The molecule has 0 unspecified atom stereocenters. The summed E-state index contributed by atoms with van der Waals surface area (Å²) in [5.41, 5.74) is 2.94. The van der Waals surface area contributed by atoms with Gasteiger partial charge in [-0.05, 0) is 25.1 Å². The van der Waals surface area contributed by atoms with Gasteiger partial charge in [-0.2, -0.15) is 0 Å². The molecule has 0 fully saturated rings. The van der Waals surface area contributed by atoms with E-state index in [-0.39, 0.29) is 5.75 Å². The van der Waals surface area contributed by atoms with Gasteiger partial charge in [0.1, 0.15) is 22.5 Å². The SMILES string of the molecule is CC=Cc1cccc(-n2nc3ccccc3n2)c1O. The molecule has 4 heteroatoms. The highest BCUT2D eigenvalue weighted by Crippen LogP contribution is 2.26. The number of hydrogen-bond acceptors (Lipinski definition) is 3. The molecule has 0 saturated carbocycles. The van der Waals surface area contributed by atoms with Crippen molar-refractivity contribution >= 4 is 17.1 Å². The van der Waals surface area contributed by atoms with Crippen LogP contribution in [-0.4, -0.2) is 20.1 Å². The van der Waals surface area contributed by atoms with E-state index in [1.54, 1.807) is 6.07 Å². The third-order valence-corrected chi connectivity index (χ3v) is 2.89. The summed E-state index contributed by atoms with van der Waals surface area (Å²) in [4.78, 5) is 1.47. The van der Waals surface area contributed by atoms with Crippen molar-refractivity contribution in [1.82, 2.24) is 15.0 Å². The number of fused-ring (bicyclic) bond motifs is 1. The fourth-order valence-electron chi connectivity index (χ4n) is 1.99. The molecule has 94 valence electrons. The van der Waals surface area contributed by atoms with Crippen molar-refractivity contribution in [2.45, 2.75) is 6.92 Å². The number of phenolic OH excluding ortho intramolecular Hbond substituents is 1. The Morgan fingerprint density at radius 2 is 1.68 bits per heavy atom. The van der Waals surface area contributed by atoms with Crippen molar-refractivity contribution in [3.8, 4) is 11.4 Å². The smallest absolute Gasteiger partial charge is 0.150 e. The Morgan fingerprint density at radius 1 is 1.00 bits per heavy atom. The second kappa shape index (κ2) is 4.57. The molecule has 1 aromatic heterocycles. The van der Waals surface area contributed by atoms with Crippen LogP contribution in [0.1, 0.15) is 12.5 Å². The molecule has 2 aromatic carbocycles. The molecule has 0 spiro atoms. The Hall–Kier alpha value is -2.62. The summed E-state index contributed by atoms with van der Waals surface area (Å²) < 4.78 is 0. The van der Waals surface area contributed by atoms with Crippen LogP contribution in [0.2, 0.25) is 0 Å². The highest BCUT2D eigenvalue weighted by atomic mass is 16.3. The van der Waals surface area contributed by atoms with Gasteiger partial charge in [0.15, 0.2) is 0 Å². The first kappa shape index (κ1) is 11.5. The standard InChI is InChI=1S/C15H13N3O/c1-2-6-11-7-5-10-14(15(11)19)18-16-12-8-3-4-9-13(12)17-18/h2-10,19H,1H3. The number of allylic oxidation sites excluding steroid dienone is 1. The van der Waals surface area contributed by atoms with Crippen molar-refractivity contribution in [1.29, 1.82) is 0 Å². The lowest BCUT2D eigenvalue weighted by Crippen LogP contribution is -1.99. The van der Waals surface area contributed by atoms with E-state index in [4.69, 9.17) is 0 Å². The lowest BCUT2D eigenvalue weighted by atomic mass is 10.1. The van der Waals surface area contributed by atoms with Gasteiger partial charge in [0.05, 0.1) is 0 Å². The Bertz CT molecular complexity index is 726. The van der Waals surface area contributed by atoms with Crippen molar-refractivity contribution in [3.05, 3.63) is 54.1 Å². The van der Waals surface area contributed by atoms with Crippen LogP contribution in [0.25, 0.3) is 22.8 Å². The number of aromatic nitrogens is 3. The second-order valence-corrected chi connectivity index (χ2v) is 4.19. The van der Waals surface area contributed by atoms with Gasteiger partial charge in [0.2, 0.25) is 0 Å². The Morgan fingerprint density at radius 3 is 2.32 bits per heavy atom. The fourth-order valence-corrected chi connectivity index (χ4v) is 1.99. The molecule has 3 rings (SSSR count). The third-order valence-electron chi connectivity index (χ3n) is 2.89. The first-order valence-electron chi connectivity index (χ1n) is 6.07. The van der Waals surface area contributed by atoms with Gasteiger partial charge in [-0.1, -0.05) is 36.4 Å². The lowest BCUT2D eigenvalue weighted by molar-refractivity contribution is 0.466. The van der Waals surface area contributed by atoms with E-state index in [2.05, 4.69) is 10.2 Å². The quantitative estimate of drug-likeness (QED) is 0.761. The van der Waals surface area contributed by atoms with Crippen LogP contribution < -0.4 is 0 Å². The first-order chi connectivity index (χ1) is 9.29. The molecule has 3 aromatic rings. The zero-order valence-corrected chi connectivity index (χ0v) is 10.5. The molecule has 0 aliphatic heterocycles. The fraction of sp³-hybridized carbons (Fsp3) is 0.0667. The molecule has 4 nitrogen and oxygen atoms in total. The molecule has 1 N–H and O–H groups in total. The summed E-state index contributed by atoms with van der Waals surface area (Å²) in [6.45, 7) is 1.91. The number of benzene rings is 2. The largest absolute Gasteiger partial charge is 0.505 e. The summed E-state index contributed by atoms with van der Waals surface area (Å²) >= 11 is 0. The molecular formula is C15H13N3O. The van der Waals surface area contributed by atoms with E-state index in [0.717, 1.165) is 16.6 Å². The van der Waals surface area contributed by atoms with Crippen molar-refractivity contribution in [2.24, 2.45) is 0 Å². The van der Waals surface area contributed by atoms with Gasteiger partial charge in [-0.3, -0.25) is 0 Å². The van der Waals surface area contributed by atoms with Crippen LogP contribution in [0, 0.1) is 0 Å². The molecule has 19 heavy (non-hydrogen) atoms. The summed E-state index contributed by atoms with van der Waals surface area (Å²) in [5.74, 6) is 0.181. The molecule has 0 aliphatic rings. The number of phenols is 1. The van der Waals surface area contributed by atoms with E-state index < -0.39 is 0 Å². The second-order valence-electron chi connectivity index (χ2n) is 4.19. The average Bonchev–Trinajstić information content (AvgIpc) is 2.85. The predicted molar refractivity (Wildman–Crippen MR) is 75.2 cm³/mol. The number of rotatable bonds is 2. The van der Waals surface area contributed by atoms with E-state index >= 15 is 0 Å². The van der Waals surface area contributed by atoms with Crippen molar-refractivity contribution < 1.29 is 5.11 Å². The minimum Gasteiger partial charge on any atom is -0.505 e. The topological polar surface area (TPSA) is 50.9 Å². The van der Waals surface area contributed by atoms with Gasteiger partial charge in [-0.25, -0.2) is 0 Å². The minimum absolute atomic E-state index is 0.181. The van der Waals surface area contributed by atoms with Crippen molar-refractivity contribution in [3.63, 3.8) is 0 Å². The normalized spacial score (nSPS) is 11.4. The Kier molecular flexibility index (Phi) is 2.76. The monoisotopic (exact) mass is 251 g/mol. The maximum absolute atomic E-state index is 10.2. The maximum Gasteiger partial charge on any atom is 0.150 e. The van der Waals surface area contributed by atoms with Crippen LogP contribution in [0.4, 0.5) is 0 Å². The molecule has 0 aliphatic carbocycles. The van der Waals surface area contributed by atoms with Crippen LogP contribution in [0.3, 0.4) is 0 Å². The number of aromatic hydroxyl groups is 1. The van der Waals surface area contributed by atoms with Crippen LogP contribution in [0.15, 0.2) is 48.5 Å². The van der Waals surface area contributed by atoms with E-state index in [9.17, 15) is 5.11 Å². The maximum atomic E-state index is 10.2. The van der Waals surface area contributed by atoms with Crippen LogP contribution in [-0.2, 0) is 0 Å². The van der Waals surface area contributed by atoms with Gasteiger partial charge < -0.3 is 5.11 Å². The Labute approximate surface area is 110 Å². The highest BCUT2D eigenvalue weighted by molar-refractivity contribution is 5.74. The van der Waals surface area contributed by atoms with Gasteiger partial charge in [0.25, 0.3) is 0 Å².